The summed E-state index contributed by atoms with van der Waals surface area (Å²) < 4.78 is 0. The SMILES string of the molecule is Cc1cc(C(O)C(C)NCCCN(C)C)ccc1Cl. The van der Waals surface area contributed by atoms with Crippen LogP contribution in [0.3, 0.4) is 0 Å². The molecule has 0 heterocycles. The monoisotopic (exact) mass is 284 g/mol. The molecule has 0 aliphatic rings. The maximum Gasteiger partial charge on any atom is 0.0940 e. The lowest BCUT2D eigenvalue weighted by molar-refractivity contribution is 0.135. The van der Waals surface area contributed by atoms with E-state index < -0.39 is 6.10 Å². The second kappa shape index (κ2) is 7.85. The number of aliphatic hydroxyl groups is 1. The zero-order chi connectivity index (χ0) is 14.4. The Morgan fingerprint density at radius 3 is 2.63 bits per heavy atom. The first kappa shape index (κ1) is 16.4. The normalized spacial score (nSPS) is 14.7. The molecule has 19 heavy (non-hydrogen) atoms. The van der Waals surface area contributed by atoms with Crippen molar-refractivity contribution in [3.63, 3.8) is 0 Å². The lowest BCUT2D eigenvalue weighted by Crippen LogP contribution is -2.34. The fraction of sp³-hybridized carbons (Fsp3) is 0.600. The van der Waals surface area contributed by atoms with Gasteiger partial charge in [-0.2, -0.15) is 0 Å². The van der Waals surface area contributed by atoms with Crippen molar-refractivity contribution < 1.29 is 5.11 Å². The molecule has 0 aliphatic heterocycles. The first-order chi connectivity index (χ1) is 8.91. The third-order valence-corrected chi connectivity index (χ3v) is 3.67. The number of hydrogen-bond acceptors (Lipinski definition) is 3. The van der Waals surface area contributed by atoms with Crippen LogP contribution in [0.5, 0.6) is 0 Å². The van der Waals surface area contributed by atoms with E-state index in [1.54, 1.807) is 0 Å². The summed E-state index contributed by atoms with van der Waals surface area (Å²) in [7, 11) is 4.13. The second-order valence-electron chi connectivity index (χ2n) is 5.35. The van der Waals surface area contributed by atoms with Crippen LogP contribution in [0.1, 0.15) is 30.6 Å². The van der Waals surface area contributed by atoms with Gasteiger partial charge in [0.1, 0.15) is 0 Å². The third kappa shape index (κ3) is 5.49. The molecule has 0 saturated carbocycles. The summed E-state index contributed by atoms with van der Waals surface area (Å²) in [6, 6.07) is 5.71. The minimum absolute atomic E-state index is 0.0303. The van der Waals surface area contributed by atoms with E-state index in [9.17, 15) is 5.11 Å². The van der Waals surface area contributed by atoms with Crippen LogP contribution in [0.15, 0.2) is 18.2 Å². The first-order valence-corrected chi connectivity index (χ1v) is 7.12. The highest BCUT2D eigenvalue weighted by Gasteiger charge is 2.16. The second-order valence-corrected chi connectivity index (χ2v) is 5.76. The number of nitrogens with zero attached hydrogens (tertiary/aromatic N) is 1. The van der Waals surface area contributed by atoms with Crippen molar-refractivity contribution in [1.82, 2.24) is 10.2 Å². The molecule has 0 fully saturated rings. The summed E-state index contributed by atoms with van der Waals surface area (Å²) in [4.78, 5) is 2.16. The van der Waals surface area contributed by atoms with Gasteiger partial charge in [-0.3, -0.25) is 0 Å². The van der Waals surface area contributed by atoms with Crippen LogP contribution in [-0.4, -0.2) is 43.2 Å². The van der Waals surface area contributed by atoms with E-state index >= 15 is 0 Å². The van der Waals surface area contributed by atoms with Gasteiger partial charge in [0.2, 0.25) is 0 Å². The average Bonchev–Trinajstić information content (AvgIpc) is 2.36. The summed E-state index contributed by atoms with van der Waals surface area (Å²) in [6.07, 6.45) is 0.569. The lowest BCUT2D eigenvalue weighted by atomic mass is 10.0. The molecular formula is C15H25ClN2O. The molecule has 0 aliphatic carbocycles. The molecule has 0 saturated heterocycles. The Bertz CT molecular complexity index is 396. The molecule has 0 bridgehead atoms. The number of rotatable bonds is 7. The molecule has 0 radical (unpaired) electrons. The molecule has 1 aromatic rings. The van der Waals surface area contributed by atoms with Crippen LogP contribution in [-0.2, 0) is 0 Å². The molecule has 108 valence electrons. The van der Waals surface area contributed by atoms with Gasteiger partial charge in [0.25, 0.3) is 0 Å². The Balaban J connectivity index is 2.47. The van der Waals surface area contributed by atoms with Gasteiger partial charge in [-0.25, -0.2) is 0 Å². The van der Waals surface area contributed by atoms with Crippen LogP contribution >= 0.6 is 11.6 Å². The number of benzene rings is 1. The van der Waals surface area contributed by atoms with Crippen molar-refractivity contribution in [1.29, 1.82) is 0 Å². The van der Waals surface area contributed by atoms with Gasteiger partial charge in [0, 0.05) is 11.1 Å². The Hall–Kier alpha value is -0.610. The van der Waals surface area contributed by atoms with Crippen LogP contribution in [0.4, 0.5) is 0 Å². The molecular weight excluding hydrogens is 260 g/mol. The number of aryl methyl sites for hydroxylation is 1. The molecule has 4 heteroatoms. The smallest absolute Gasteiger partial charge is 0.0940 e. The first-order valence-electron chi connectivity index (χ1n) is 6.74. The quantitative estimate of drug-likeness (QED) is 0.756. The van der Waals surface area contributed by atoms with Gasteiger partial charge in [-0.1, -0.05) is 23.7 Å². The van der Waals surface area contributed by atoms with Crippen LogP contribution in [0.2, 0.25) is 5.02 Å². The zero-order valence-corrected chi connectivity index (χ0v) is 13.0. The third-order valence-electron chi connectivity index (χ3n) is 3.25. The van der Waals surface area contributed by atoms with Gasteiger partial charge < -0.3 is 15.3 Å². The molecule has 3 nitrogen and oxygen atoms in total. The molecule has 0 spiro atoms. The summed E-state index contributed by atoms with van der Waals surface area (Å²) >= 11 is 6.00. The van der Waals surface area contributed by atoms with Gasteiger partial charge in [0.15, 0.2) is 0 Å². The fourth-order valence-corrected chi connectivity index (χ4v) is 2.09. The standard InChI is InChI=1S/C15H25ClN2O/c1-11-10-13(6-7-14(11)16)15(19)12(2)17-8-5-9-18(3)4/h6-7,10,12,15,17,19H,5,8-9H2,1-4H3. The van der Waals surface area contributed by atoms with Gasteiger partial charge in [-0.05, 0) is 64.6 Å². The van der Waals surface area contributed by atoms with E-state index in [0.717, 1.165) is 35.7 Å². The van der Waals surface area contributed by atoms with Crippen molar-refractivity contribution in [2.75, 3.05) is 27.2 Å². The number of halogens is 1. The Morgan fingerprint density at radius 2 is 2.05 bits per heavy atom. The molecule has 1 aromatic carbocycles. The summed E-state index contributed by atoms with van der Waals surface area (Å²) in [6.45, 7) is 5.91. The highest BCUT2D eigenvalue weighted by molar-refractivity contribution is 6.31. The van der Waals surface area contributed by atoms with E-state index in [2.05, 4.69) is 24.3 Å². The number of hydrogen-bond donors (Lipinski definition) is 2. The van der Waals surface area contributed by atoms with Crippen molar-refractivity contribution >= 4 is 11.6 Å². The van der Waals surface area contributed by atoms with E-state index in [-0.39, 0.29) is 6.04 Å². The average molecular weight is 285 g/mol. The molecule has 0 aromatic heterocycles. The van der Waals surface area contributed by atoms with Gasteiger partial charge in [-0.15, -0.1) is 0 Å². The number of nitrogens with one attached hydrogen (secondary N) is 1. The van der Waals surface area contributed by atoms with Crippen molar-refractivity contribution in [2.45, 2.75) is 32.4 Å². The van der Waals surface area contributed by atoms with Crippen LogP contribution < -0.4 is 5.32 Å². The predicted octanol–water partition coefficient (Wildman–Crippen LogP) is 2.61. The minimum atomic E-state index is -0.504. The minimum Gasteiger partial charge on any atom is -0.387 e. The van der Waals surface area contributed by atoms with Crippen LogP contribution in [0.25, 0.3) is 0 Å². The molecule has 0 amide bonds. The predicted molar refractivity (Wildman–Crippen MR) is 81.8 cm³/mol. The van der Waals surface area contributed by atoms with Crippen molar-refractivity contribution in [3.8, 4) is 0 Å². The molecule has 2 N–H and O–H groups in total. The fourth-order valence-electron chi connectivity index (χ4n) is 1.98. The Labute approximate surface area is 121 Å². The summed E-state index contributed by atoms with van der Waals surface area (Å²) in [5, 5.41) is 14.4. The largest absolute Gasteiger partial charge is 0.387 e. The van der Waals surface area contributed by atoms with E-state index in [1.165, 1.54) is 0 Å². The number of aliphatic hydroxyl groups excluding tert-OH is 1. The van der Waals surface area contributed by atoms with Gasteiger partial charge in [0.05, 0.1) is 6.10 Å². The van der Waals surface area contributed by atoms with Crippen molar-refractivity contribution in [2.24, 2.45) is 0 Å². The van der Waals surface area contributed by atoms with E-state index in [1.807, 2.05) is 32.0 Å². The van der Waals surface area contributed by atoms with Crippen LogP contribution in [0, 0.1) is 6.92 Å². The molecule has 1 rings (SSSR count). The Kier molecular flexibility index (Phi) is 6.80. The topological polar surface area (TPSA) is 35.5 Å². The molecule has 2 unspecified atom stereocenters. The highest BCUT2D eigenvalue weighted by atomic mass is 35.5. The highest BCUT2D eigenvalue weighted by Crippen LogP contribution is 2.22. The maximum absolute atomic E-state index is 10.3. The molecule has 2 atom stereocenters. The lowest BCUT2D eigenvalue weighted by Gasteiger charge is -2.21. The summed E-state index contributed by atoms with van der Waals surface area (Å²) in [5.74, 6) is 0. The zero-order valence-electron chi connectivity index (χ0n) is 12.3. The Morgan fingerprint density at radius 1 is 1.37 bits per heavy atom. The summed E-state index contributed by atoms with van der Waals surface area (Å²) in [5.41, 5.74) is 1.91. The maximum atomic E-state index is 10.3. The van der Waals surface area contributed by atoms with Gasteiger partial charge >= 0.3 is 0 Å². The van der Waals surface area contributed by atoms with Crippen molar-refractivity contribution in [3.05, 3.63) is 34.3 Å². The van der Waals surface area contributed by atoms with E-state index in [4.69, 9.17) is 11.6 Å². The van der Waals surface area contributed by atoms with E-state index in [0.29, 0.717) is 0 Å².